The number of nitrogens with one attached hydrogen (secondary N) is 2. The topological polar surface area (TPSA) is 78.4 Å². The summed E-state index contributed by atoms with van der Waals surface area (Å²) in [5, 5.41) is 13.7. The number of carboxylic acid groups (broad SMARTS) is 1. The number of amides is 2. The highest BCUT2D eigenvalue weighted by Crippen LogP contribution is 2.22. The Morgan fingerprint density at radius 3 is 2.74 bits per heavy atom. The summed E-state index contributed by atoms with van der Waals surface area (Å²) in [6.45, 7) is 0. The van der Waals surface area contributed by atoms with Crippen LogP contribution in [-0.2, 0) is 4.79 Å². The SMILES string of the molecule is C#CCC(NC(=O)Nc1ccc(Br)c(I)c1)C(=O)O. The zero-order valence-corrected chi connectivity index (χ0v) is 13.4. The zero-order chi connectivity index (χ0) is 14.4. The summed E-state index contributed by atoms with van der Waals surface area (Å²) < 4.78 is 1.84. The predicted octanol–water partition coefficient (Wildman–Crippen LogP) is 2.65. The highest BCUT2D eigenvalue weighted by molar-refractivity contribution is 14.1. The number of carbonyl (C=O) groups is 2. The molecule has 100 valence electrons. The fraction of sp³-hybridized carbons (Fsp3) is 0.167. The fourth-order valence-corrected chi connectivity index (χ4v) is 1.98. The van der Waals surface area contributed by atoms with Crippen LogP contribution in [0.4, 0.5) is 10.5 Å². The molecule has 0 aliphatic carbocycles. The molecule has 0 aliphatic heterocycles. The quantitative estimate of drug-likeness (QED) is 0.501. The summed E-state index contributed by atoms with van der Waals surface area (Å²) in [6.07, 6.45) is 4.97. The molecule has 0 radical (unpaired) electrons. The number of benzene rings is 1. The van der Waals surface area contributed by atoms with Crippen molar-refractivity contribution in [3.63, 3.8) is 0 Å². The van der Waals surface area contributed by atoms with Gasteiger partial charge >= 0.3 is 12.0 Å². The first-order chi connectivity index (χ1) is 8.93. The lowest BCUT2D eigenvalue weighted by Gasteiger charge is -2.13. The standard InChI is InChI=1S/C12H10BrIN2O3/c1-2-3-10(11(17)18)16-12(19)15-7-4-5-8(13)9(14)6-7/h1,4-6,10H,3H2,(H,17,18)(H2,15,16,19). The average molecular weight is 437 g/mol. The van der Waals surface area contributed by atoms with E-state index in [4.69, 9.17) is 11.5 Å². The van der Waals surface area contributed by atoms with Crippen LogP contribution in [0, 0.1) is 15.9 Å². The van der Waals surface area contributed by atoms with Crippen molar-refractivity contribution in [2.45, 2.75) is 12.5 Å². The van der Waals surface area contributed by atoms with E-state index in [1.165, 1.54) is 0 Å². The summed E-state index contributed by atoms with van der Waals surface area (Å²) in [4.78, 5) is 22.5. The molecule has 5 nitrogen and oxygen atoms in total. The van der Waals surface area contributed by atoms with Gasteiger partial charge in [-0.1, -0.05) is 0 Å². The van der Waals surface area contributed by atoms with Crippen LogP contribution in [0.15, 0.2) is 22.7 Å². The average Bonchev–Trinajstić information content (AvgIpc) is 2.33. The molecule has 0 spiro atoms. The monoisotopic (exact) mass is 436 g/mol. The Morgan fingerprint density at radius 2 is 2.21 bits per heavy atom. The van der Waals surface area contributed by atoms with Crippen molar-refractivity contribution in [3.8, 4) is 12.3 Å². The van der Waals surface area contributed by atoms with Crippen LogP contribution >= 0.6 is 38.5 Å². The van der Waals surface area contributed by atoms with E-state index in [0.717, 1.165) is 8.04 Å². The molecule has 2 amide bonds. The Kier molecular flexibility index (Phi) is 6.11. The third kappa shape index (κ3) is 5.08. The second-order valence-electron chi connectivity index (χ2n) is 3.53. The Balaban J connectivity index is 2.66. The van der Waals surface area contributed by atoms with Crippen molar-refractivity contribution in [2.75, 3.05) is 5.32 Å². The number of hydrogen-bond donors (Lipinski definition) is 3. The van der Waals surface area contributed by atoms with Crippen LogP contribution in [0.3, 0.4) is 0 Å². The Labute approximate surface area is 132 Å². The minimum atomic E-state index is -1.17. The van der Waals surface area contributed by atoms with E-state index in [2.05, 4.69) is 55.1 Å². The van der Waals surface area contributed by atoms with Gasteiger partial charge in [0, 0.05) is 20.2 Å². The summed E-state index contributed by atoms with van der Waals surface area (Å²) in [5.74, 6) is 1.04. The predicted molar refractivity (Wildman–Crippen MR) is 83.9 cm³/mol. The number of hydrogen-bond acceptors (Lipinski definition) is 2. The van der Waals surface area contributed by atoms with Crippen molar-refractivity contribution in [2.24, 2.45) is 0 Å². The maximum absolute atomic E-state index is 11.6. The van der Waals surface area contributed by atoms with Crippen molar-refractivity contribution >= 4 is 56.2 Å². The molecular weight excluding hydrogens is 427 g/mol. The number of rotatable bonds is 4. The second-order valence-corrected chi connectivity index (χ2v) is 5.54. The molecule has 0 bridgehead atoms. The second kappa shape index (κ2) is 7.35. The van der Waals surface area contributed by atoms with Gasteiger partial charge < -0.3 is 15.7 Å². The van der Waals surface area contributed by atoms with E-state index in [-0.39, 0.29) is 6.42 Å². The van der Waals surface area contributed by atoms with Gasteiger partial charge in [0.05, 0.1) is 0 Å². The first-order valence-corrected chi connectivity index (χ1v) is 7.00. The smallest absolute Gasteiger partial charge is 0.327 e. The minimum absolute atomic E-state index is 0.0688. The van der Waals surface area contributed by atoms with Crippen LogP contribution in [0.5, 0.6) is 0 Å². The molecule has 7 heteroatoms. The molecule has 0 saturated heterocycles. The van der Waals surface area contributed by atoms with Gasteiger partial charge in [0.1, 0.15) is 6.04 Å². The maximum Gasteiger partial charge on any atom is 0.327 e. The number of halogens is 2. The lowest BCUT2D eigenvalue weighted by atomic mass is 10.2. The van der Waals surface area contributed by atoms with Gasteiger partial charge in [0.15, 0.2) is 0 Å². The minimum Gasteiger partial charge on any atom is -0.480 e. The molecule has 1 aromatic rings. The third-order valence-corrected chi connectivity index (χ3v) is 4.43. The van der Waals surface area contributed by atoms with Gasteiger partial charge in [-0.2, -0.15) is 0 Å². The van der Waals surface area contributed by atoms with Gasteiger partial charge in [0.25, 0.3) is 0 Å². The molecule has 19 heavy (non-hydrogen) atoms. The van der Waals surface area contributed by atoms with Crippen LogP contribution in [0.25, 0.3) is 0 Å². The van der Waals surface area contributed by atoms with E-state index >= 15 is 0 Å². The van der Waals surface area contributed by atoms with Crippen LogP contribution in [0.1, 0.15) is 6.42 Å². The lowest BCUT2D eigenvalue weighted by molar-refractivity contribution is -0.139. The van der Waals surface area contributed by atoms with Gasteiger partial charge in [-0.05, 0) is 56.7 Å². The van der Waals surface area contributed by atoms with Crippen molar-refractivity contribution in [1.29, 1.82) is 0 Å². The van der Waals surface area contributed by atoms with Gasteiger partial charge in [-0.15, -0.1) is 12.3 Å². The van der Waals surface area contributed by atoms with Crippen molar-refractivity contribution < 1.29 is 14.7 Å². The largest absolute Gasteiger partial charge is 0.480 e. The molecule has 0 aliphatic rings. The first-order valence-electron chi connectivity index (χ1n) is 5.13. The van der Waals surface area contributed by atoms with Crippen molar-refractivity contribution in [3.05, 3.63) is 26.2 Å². The summed E-state index contributed by atoms with van der Waals surface area (Å²) in [5.41, 5.74) is 0.565. The van der Waals surface area contributed by atoms with E-state index in [1.807, 2.05) is 0 Å². The molecule has 1 rings (SSSR count). The molecule has 3 N–H and O–H groups in total. The number of urea groups is 1. The Bertz CT molecular complexity index is 542. The third-order valence-electron chi connectivity index (χ3n) is 2.10. The molecular formula is C12H10BrIN2O3. The van der Waals surface area contributed by atoms with Gasteiger partial charge in [-0.3, -0.25) is 0 Å². The highest BCUT2D eigenvalue weighted by Gasteiger charge is 2.18. The Morgan fingerprint density at radius 1 is 1.53 bits per heavy atom. The number of aliphatic carboxylic acids is 1. The lowest BCUT2D eigenvalue weighted by Crippen LogP contribution is -2.42. The molecule has 1 unspecified atom stereocenters. The molecule has 0 heterocycles. The van der Waals surface area contributed by atoms with Crippen LogP contribution < -0.4 is 10.6 Å². The Hall–Kier alpha value is -1.27. The molecule has 1 aromatic carbocycles. The van der Waals surface area contributed by atoms with Gasteiger partial charge in [0.2, 0.25) is 0 Å². The molecule has 1 atom stereocenters. The number of terminal acetylenes is 1. The van der Waals surface area contributed by atoms with E-state index < -0.39 is 18.0 Å². The normalized spacial score (nSPS) is 11.2. The maximum atomic E-state index is 11.6. The summed E-state index contributed by atoms with van der Waals surface area (Å²) in [7, 11) is 0. The number of anilines is 1. The number of carboxylic acids is 1. The summed E-state index contributed by atoms with van der Waals surface area (Å²) in [6, 6.07) is 3.53. The molecule has 0 saturated carbocycles. The fourth-order valence-electron chi connectivity index (χ4n) is 1.22. The van der Waals surface area contributed by atoms with Crippen LogP contribution in [-0.4, -0.2) is 23.1 Å². The van der Waals surface area contributed by atoms with Gasteiger partial charge in [-0.25, -0.2) is 9.59 Å². The van der Waals surface area contributed by atoms with Crippen molar-refractivity contribution in [1.82, 2.24) is 5.32 Å². The van der Waals surface area contributed by atoms with E-state index in [0.29, 0.717) is 5.69 Å². The van der Waals surface area contributed by atoms with E-state index in [1.54, 1.807) is 18.2 Å². The zero-order valence-electron chi connectivity index (χ0n) is 9.61. The first kappa shape index (κ1) is 15.8. The van der Waals surface area contributed by atoms with E-state index in [9.17, 15) is 9.59 Å². The highest BCUT2D eigenvalue weighted by atomic mass is 127. The summed E-state index contributed by atoms with van der Waals surface area (Å²) >= 11 is 5.45. The molecule has 0 aromatic heterocycles. The molecule has 0 fully saturated rings. The van der Waals surface area contributed by atoms with Crippen LogP contribution in [0.2, 0.25) is 0 Å². The number of carbonyl (C=O) groups excluding carboxylic acids is 1.